The Kier molecular flexibility index (Phi) is 4.50. The first-order valence-corrected chi connectivity index (χ1v) is 5.95. The Bertz CT molecular complexity index is 339. The molecule has 4 nitrogen and oxygen atoms in total. The van der Waals surface area contributed by atoms with Gasteiger partial charge in [0.05, 0.1) is 32.5 Å². The van der Waals surface area contributed by atoms with Gasteiger partial charge in [0.2, 0.25) is 0 Å². The lowest BCUT2D eigenvalue weighted by atomic mass is 10.1. The highest BCUT2D eigenvalue weighted by Gasteiger charge is 2.21. The molecule has 2 rings (SSSR count). The van der Waals surface area contributed by atoms with Gasteiger partial charge in [-0.25, -0.2) is 0 Å². The average molecular weight is 237 g/mol. The Labute approximate surface area is 101 Å². The third kappa shape index (κ3) is 3.26. The van der Waals surface area contributed by atoms with E-state index in [1.54, 1.807) is 0 Å². The predicted molar refractivity (Wildman–Crippen MR) is 64.5 cm³/mol. The Hall–Kier alpha value is -0.940. The van der Waals surface area contributed by atoms with Gasteiger partial charge in [0.25, 0.3) is 0 Å². The smallest absolute Gasteiger partial charge is 0.0681 e. The van der Waals surface area contributed by atoms with Crippen LogP contribution in [-0.2, 0) is 17.9 Å². The van der Waals surface area contributed by atoms with Crippen LogP contribution in [0.5, 0.6) is 0 Å². The highest BCUT2D eigenvalue weighted by molar-refractivity contribution is 5.22. The lowest BCUT2D eigenvalue weighted by Crippen LogP contribution is -2.46. The highest BCUT2D eigenvalue weighted by Crippen LogP contribution is 2.13. The van der Waals surface area contributed by atoms with E-state index >= 15 is 0 Å². The van der Waals surface area contributed by atoms with E-state index in [1.807, 2.05) is 24.3 Å². The van der Waals surface area contributed by atoms with Crippen LogP contribution in [0.25, 0.3) is 0 Å². The van der Waals surface area contributed by atoms with E-state index in [-0.39, 0.29) is 19.3 Å². The molecule has 0 aliphatic carbocycles. The summed E-state index contributed by atoms with van der Waals surface area (Å²) in [5, 5.41) is 18.2. The molecule has 0 radical (unpaired) electrons. The van der Waals surface area contributed by atoms with E-state index in [4.69, 9.17) is 9.84 Å². The molecule has 0 bridgehead atoms. The second-order valence-corrected chi connectivity index (χ2v) is 4.36. The van der Waals surface area contributed by atoms with Gasteiger partial charge in [0, 0.05) is 13.1 Å². The minimum Gasteiger partial charge on any atom is -0.395 e. The van der Waals surface area contributed by atoms with Crippen molar-refractivity contribution in [2.75, 3.05) is 26.4 Å². The van der Waals surface area contributed by atoms with E-state index in [0.29, 0.717) is 6.61 Å². The summed E-state index contributed by atoms with van der Waals surface area (Å²) >= 11 is 0. The van der Waals surface area contributed by atoms with Gasteiger partial charge in [0.1, 0.15) is 0 Å². The Morgan fingerprint density at radius 3 is 2.53 bits per heavy atom. The van der Waals surface area contributed by atoms with Crippen molar-refractivity contribution in [3.8, 4) is 0 Å². The molecule has 1 fully saturated rings. The SMILES string of the molecule is OCc1ccc(CN2CCOCC2CO)cc1. The maximum absolute atomic E-state index is 9.27. The molecule has 1 aliphatic rings. The molecule has 1 saturated heterocycles. The van der Waals surface area contributed by atoms with Gasteiger partial charge in [-0.05, 0) is 11.1 Å². The molecule has 1 aromatic carbocycles. The van der Waals surface area contributed by atoms with Crippen LogP contribution in [0.3, 0.4) is 0 Å². The normalized spacial score (nSPS) is 21.6. The van der Waals surface area contributed by atoms with Crippen molar-refractivity contribution in [1.29, 1.82) is 0 Å². The first kappa shape index (κ1) is 12.5. The molecule has 4 heteroatoms. The van der Waals surface area contributed by atoms with Gasteiger partial charge in [-0.1, -0.05) is 24.3 Å². The molecule has 17 heavy (non-hydrogen) atoms. The van der Waals surface area contributed by atoms with E-state index < -0.39 is 0 Å². The molecule has 1 heterocycles. The number of aliphatic hydroxyl groups excluding tert-OH is 2. The fraction of sp³-hybridized carbons (Fsp3) is 0.538. The summed E-state index contributed by atoms with van der Waals surface area (Å²) in [6.07, 6.45) is 0. The molecule has 0 aromatic heterocycles. The molecule has 1 aliphatic heterocycles. The molecule has 94 valence electrons. The van der Waals surface area contributed by atoms with Crippen molar-refractivity contribution in [3.05, 3.63) is 35.4 Å². The van der Waals surface area contributed by atoms with Crippen LogP contribution in [0.4, 0.5) is 0 Å². The number of ether oxygens (including phenoxy) is 1. The zero-order valence-electron chi connectivity index (χ0n) is 9.88. The van der Waals surface area contributed by atoms with Crippen molar-refractivity contribution in [2.45, 2.75) is 19.2 Å². The van der Waals surface area contributed by atoms with Crippen LogP contribution >= 0.6 is 0 Å². The van der Waals surface area contributed by atoms with Crippen molar-refractivity contribution < 1.29 is 14.9 Å². The van der Waals surface area contributed by atoms with Crippen molar-refractivity contribution >= 4 is 0 Å². The quantitative estimate of drug-likeness (QED) is 0.794. The fourth-order valence-electron chi connectivity index (χ4n) is 2.05. The van der Waals surface area contributed by atoms with E-state index in [0.717, 1.165) is 25.3 Å². The molecular formula is C13H19NO3. The number of rotatable bonds is 4. The lowest BCUT2D eigenvalue weighted by molar-refractivity contribution is -0.0312. The second kappa shape index (κ2) is 6.12. The molecule has 1 atom stereocenters. The van der Waals surface area contributed by atoms with Crippen molar-refractivity contribution in [1.82, 2.24) is 4.90 Å². The molecule has 0 spiro atoms. The van der Waals surface area contributed by atoms with Gasteiger partial charge < -0.3 is 14.9 Å². The largest absolute Gasteiger partial charge is 0.395 e. The summed E-state index contributed by atoms with van der Waals surface area (Å²) in [6, 6.07) is 8.01. The molecule has 1 aromatic rings. The molecule has 1 unspecified atom stereocenters. The van der Waals surface area contributed by atoms with Gasteiger partial charge in [-0.3, -0.25) is 4.90 Å². The fourth-order valence-corrected chi connectivity index (χ4v) is 2.05. The van der Waals surface area contributed by atoms with Gasteiger partial charge in [0.15, 0.2) is 0 Å². The van der Waals surface area contributed by atoms with Crippen LogP contribution in [0, 0.1) is 0 Å². The number of nitrogens with zero attached hydrogens (tertiary/aromatic N) is 1. The minimum absolute atomic E-state index is 0.0805. The Morgan fingerprint density at radius 2 is 1.88 bits per heavy atom. The topological polar surface area (TPSA) is 52.9 Å². The highest BCUT2D eigenvalue weighted by atomic mass is 16.5. The number of aliphatic hydroxyl groups is 2. The molecule has 2 N–H and O–H groups in total. The lowest BCUT2D eigenvalue weighted by Gasteiger charge is -2.34. The summed E-state index contributed by atoms with van der Waals surface area (Å²) in [5.41, 5.74) is 2.12. The van der Waals surface area contributed by atoms with E-state index in [1.165, 1.54) is 5.56 Å². The predicted octanol–water partition coefficient (Wildman–Crippen LogP) is 0.372. The van der Waals surface area contributed by atoms with Crippen LogP contribution < -0.4 is 0 Å². The summed E-state index contributed by atoms with van der Waals surface area (Å²) in [6.45, 7) is 3.22. The third-order valence-corrected chi connectivity index (χ3v) is 3.15. The first-order chi connectivity index (χ1) is 8.33. The standard InChI is InChI=1S/C13H19NO3/c15-8-12-3-1-11(2-4-12)7-14-5-6-17-10-13(14)9-16/h1-4,13,15-16H,5-10H2. The van der Waals surface area contributed by atoms with E-state index in [2.05, 4.69) is 4.90 Å². The van der Waals surface area contributed by atoms with E-state index in [9.17, 15) is 5.11 Å². The summed E-state index contributed by atoms with van der Waals surface area (Å²) in [4.78, 5) is 2.23. The minimum atomic E-state index is 0.0805. The maximum atomic E-state index is 9.27. The first-order valence-electron chi connectivity index (χ1n) is 5.95. The Balaban J connectivity index is 1.98. The van der Waals surface area contributed by atoms with Crippen LogP contribution in [0.1, 0.15) is 11.1 Å². The monoisotopic (exact) mass is 237 g/mol. The van der Waals surface area contributed by atoms with Crippen molar-refractivity contribution in [3.63, 3.8) is 0 Å². The number of hydrogen-bond donors (Lipinski definition) is 2. The van der Waals surface area contributed by atoms with Gasteiger partial charge in [-0.2, -0.15) is 0 Å². The average Bonchev–Trinajstić information content (AvgIpc) is 2.40. The second-order valence-electron chi connectivity index (χ2n) is 4.36. The van der Waals surface area contributed by atoms with Crippen LogP contribution in [0.2, 0.25) is 0 Å². The summed E-state index contributed by atoms with van der Waals surface area (Å²) in [7, 11) is 0. The zero-order chi connectivity index (χ0) is 12.1. The third-order valence-electron chi connectivity index (χ3n) is 3.15. The molecule has 0 saturated carbocycles. The van der Waals surface area contributed by atoms with Crippen LogP contribution in [0.15, 0.2) is 24.3 Å². The summed E-state index contributed by atoms with van der Waals surface area (Å²) in [5.74, 6) is 0. The van der Waals surface area contributed by atoms with Crippen LogP contribution in [-0.4, -0.2) is 47.5 Å². The van der Waals surface area contributed by atoms with Gasteiger partial charge in [-0.15, -0.1) is 0 Å². The van der Waals surface area contributed by atoms with Crippen molar-refractivity contribution in [2.24, 2.45) is 0 Å². The zero-order valence-corrected chi connectivity index (χ0v) is 9.88. The number of morpholine rings is 1. The summed E-state index contributed by atoms with van der Waals surface area (Å²) < 4.78 is 5.34. The van der Waals surface area contributed by atoms with Gasteiger partial charge >= 0.3 is 0 Å². The number of hydrogen-bond acceptors (Lipinski definition) is 4. The molecular weight excluding hydrogens is 218 g/mol. The molecule has 0 amide bonds. The maximum Gasteiger partial charge on any atom is 0.0681 e. The Morgan fingerprint density at radius 1 is 1.18 bits per heavy atom. The number of benzene rings is 1.